The molecule has 0 saturated heterocycles. The molecular formula is C15H10Cl2N4O2S. The van der Waals surface area contributed by atoms with E-state index in [1.807, 2.05) is 0 Å². The Morgan fingerprint density at radius 1 is 1.21 bits per heavy atom. The van der Waals surface area contributed by atoms with E-state index < -0.39 is 11.5 Å². The topological polar surface area (TPSA) is 101 Å². The average Bonchev–Trinajstić information content (AvgIpc) is 2.87. The summed E-state index contributed by atoms with van der Waals surface area (Å²) in [7, 11) is 0. The van der Waals surface area contributed by atoms with E-state index in [0.717, 1.165) is 11.8 Å². The third-order valence-electron chi connectivity index (χ3n) is 4.00. The Balaban J connectivity index is 2.07. The van der Waals surface area contributed by atoms with Gasteiger partial charge in [-0.3, -0.25) is 14.6 Å². The molecule has 4 rings (SSSR count). The van der Waals surface area contributed by atoms with Gasteiger partial charge in [-0.05, 0) is 12.1 Å². The van der Waals surface area contributed by atoms with Crippen LogP contribution in [0.1, 0.15) is 17.0 Å². The summed E-state index contributed by atoms with van der Waals surface area (Å²) < 4.78 is 0. The highest BCUT2D eigenvalue weighted by atomic mass is 35.5. The van der Waals surface area contributed by atoms with Gasteiger partial charge in [0.05, 0.1) is 11.5 Å². The van der Waals surface area contributed by atoms with E-state index >= 15 is 0 Å². The van der Waals surface area contributed by atoms with Crippen molar-refractivity contribution in [2.24, 2.45) is 0 Å². The molecular weight excluding hydrogens is 371 g/mol. The summed E-state index contributed by atoms with van der Waals surface area (Å²) >= 11 is 13.9. The second kappa shape index (κ2) is 5.54. The first-order valence-electron chi connectivity index (χ1n) is 6.98. The third-order valence-corrected chi connectivity index (χ3v) is 5.58. The normalized spacial score (nSPS) is 19.1. The number of nitrogens with zero attached hydrogens (tertiary/aromatic N) is 1. The second-order valence-corrected chi connectivity index (χ2v) is 7.14. The summed E-state index contributed by atoms with van der Waals surface area (Å²) in [6.07, 6.45) is 0. The van der Waals surface area contributed by atoms with Crippen molar-refractivity contribution in [1.82, 2.24) is 9.97 Å². The number of nitrogens with one attached hydrogen (secondary N) is 2. The minimum Gasteiger partial charge on any atom is -0.369 e. The Kier molecular flexibility index (Phi) is 3.59. The van der Waals surface area contributed by atoms with Gasteiger partial charge in [-0.15, -0.1) is 0 Å². The summed E-state index contributed by atoms with van der Waals surface area (Å²) in [6.45, 7) is 0. The summed E-state index contributed by atoms with van der Waals surface area (Å²) in [5.41, 5.74) is 7.21. The van der Waals surface area contributed by atoms with Gasteiger partial charge in [0.1, 0.15) is 5.82 Å². The number of H-pyrrole nitrogens is 1. The van der Waals surface area contributed by atoms with Crippen LogP contribution in [0.5, 0.6) is 0 Å². The van der Waals surface area contributed by atoms with Crippen molar-refractivity contribution in [1.29, 1.82) is 0 Å². The van der Waals surface area contributed by atoms with Crippen LogP contribution in [0.25, 0.3) is 0 Å². The van der Waals surface area contributed by atoms with Gasteiger partial charge in [0, 0.05) is 32.6 Å². The molecule has 2 aromatic rings. The first kappa shape index (κ1) is 15.6. The predicted molar refractivity (Wildman–Crippen MR) is 95.7 cm³/mol. The molecule has 0 aliphatic carbocycles. The molecule has 1 unspecified atom stereocenters. The molecule has 0 bridgehead atoms. The molecule has 1 aromatic heterocycles. The van der Waals surface area contributed by atoms with E-state index in [4.69, 9.17) is 28.9 Å². The van der Waals surface area contributed by atoms with Crippen LogP contribution in [0.15, 0.2) is 34.3 Å². The van der Waals surface area contributed by atoms with E-state index in [9.17, 15) is 9.59 Å². The standard InChI is InChI=1S/C15H10Cl2N4O2S/c16-5-2-1-3-6(17)8(5)10-9-7(4-24-14(9)23)19-12-11(10)13(22)21-15(18)20-12/h1-3,10H,4H2,(H4,18,19,20,21,22). The second-order valence-electron chi connectivity index (χ2n) is 5.38. The minimum absolute atomic E-state index is 0.00344. The molecule has 122 valence electrons. The molecule has 9 heteroatoms. The van der Waals surface area contributed by atoms with E-state index in [1.54, 1.807) is 18.2 Å². The van der Waals surface area contributed by atoms with Gasteiger partial charge in [-0.25, -0.2) is 0 Å². The Morgan fingerprint density at radius 2 is 1.92 bits per heavy atom. The molecule has 0 spiro atoms. The summed E-state index contributed by atoms with van der Waals surface area (Å²) in [5, 5.41) is 3.70. The van der Waals surface area contributed by atoms with Gasteiger partial charge in [0.15, 0.2) is 0 Å². The Bertz CT molecular complexity index is 966. The van der Waals surface area contributed by atoms with E-state index in [2.05, 4.69) is 15.3 Å². The molecule has 2 aliphatic heterocycles. The molecule has 24 heavy (non-hydrogen) atoms. The van der Waals surface area contributed by atoms with Crippen molar-refractivity contribution in [3.8, 4) is 0 Å². The zero-order chi connectivity index (χ0) is 17.0. The van der Waals surface area contributed by atoms with Crippen LogP contribution in [0.4, 0.5) is 11.8 Å². The van der Waals surface area contributed by atoms with Crippen LogP contribution in [0.3, 0.4) is 0 Å². The van der Waals surface area contributed by atoms with Crippen LogP contribution >= 0.6 is 35.0 Å². The van der Waals surface area contributed by atoms with Gasteiger partial charge in [-0.1, -0.05) is 41.0 Å². The van der Waals surface area contributed by atoms with Gasteiger partial charge in [0.25, 0.3) is 5.56 Å². The van der Waals surface area contributed by atoms with Crippen molar-refractivity contribution in [2.75, 3.05) is 16.8 Å². The predicted octanol–water partition coefficient (Wildman–Crippen LogP) is 2.74. The van der Waals surface area contributed by atoms with Crippen LogP contribution in [0.2, 0.25) is 10.0 Å². The number of thioether (sulfide) groups is 1. The quantitative estimate of drug-likeness (QED) is 0.702. The lowest BCUT2D eigenvalue weighted by Gasteiger charge is -2.27. The van der Waals surface area contributed by atoms with Crippen LogP contribution in [-0.2, 0) is 4.79 Å². The molecule has 1 aromatic carbocycles. The van der Waals surface area contributed by atoms with Gasteiger partial charge >= 0.3 is 0 Å². The highest BCUT2D eigenvalue weighted by Gasteiger charge is 2.41. The number of halogens is 2. The molecule has 0 saturated carbocycles. The number of benzene rings is 1. The van der Waals surface area contributed by atoms with Crippen molar-refractivity contribution < 1.29 is 4.79 Å². The Labute approximate surface area is 150 Å². The number of carbonyl (C=O) groups excluding carboxylic acids is 1. The van der Waals surface area contributed by atoms with Crippen LogP contribution < -0.4 is 16.6 Å². The third kappa shape index (κ3) is 2.23. The average molecular weight is 381 g/mol. The first-order valence-corrected chi connectivity index (χ1v) is 8.72. The molecule has 6 nitrogen and oxygen atoms in total. The van der Waals surface area contributed by atoms with Gasteiger partial charge in [-0.2, -0.15) is 4.98 Å². The number of nitrogen functional groups attached to an aromatic ring is 1. The Hall–Kier alpha value is -1.96. The molecule has 4 N–H and O–H groups in total. The number of aromatic amines is 1. The lowest BCUT2D eigenvalue weighted by atomic mass is 9.83. The fraction of sp³-hybridized carbons (Fsp3) is 0.133. The van der Waals surface area contributed by atoms with Crippen molar-refractivity contribution in [3.05, 3.63) is 61.0 Å². The van der Waals surface area contributed by atoms with E-state index in [0.29, 0.717) is 38.4 Å². The maximum atomic E-state index is 12.5. The van der Waals surface area contributed by atoms with Crippen LogP contribution in [-0.4, -0.2) is 20.8 Å². The molecule has 3 heterocycles. The number of carbonyl (C=O) groups is 1. The lowest BCUT2D eigenvalue weighted by Crippen LogP contribution is -2.29. The smallest absolute Gasteiger partial charge is 0.258 e. The highest BCUT2D eigenvalue weighted by Crippen LogP contribution is 2.48. The maximum Gasteiger partial charge on any atom is 0.258 e. The zero-order valence-corrected chi connectivity index (χ0v) is 14.4. The van der Waals surface area contributed by atoms with Crippen molar-refractivity contribution >= 4 is 51.8 Å². The van der Waals surface area contributed by atoms with Crippen molar-refractivity contribution in [3.63, 3.8) is 0 Å². The van der Waals surface area contributed by atoms with Crippen molar-refractivity contribution in [2.45, 2.75) is 5.92 Å². The van der Waals surface area contributed by atoms with Gasteiger partial charge in [0.2, 0.25) is 11.1 Å². The van der Waals surface area contributed by atoms with Gasteiger partial charge < -0.3 is 11.1 Å². The molecule has 0 radical (unpaired) electrons. The summed E-state index contributed by atoms with van der Waals surface area (Å²) in [4.78, 5) is 31.6. The Morgan fingerprint density at radius 3 is 2.62 bits per heavy atom. The minimum atomic E-state index is -0.684. The number of aromatic nitrogens is 2. The number of fused-ring (bicyclic) bond motifs is 1. The number of rotatable bonds is 1. The number of hydrogen-bond donors (Lipinski definition) is 3. The lowest BCUT2D eigenvalue weighted by molar-refractivity contribution is -0.107. The molecule has 1 atom stereocenters. The molecule has 2 aliphatic rings. The number of hydrogen-bond acceptors (Lipinski definition) is 6. The molecule has 0 fully saturated rings. The monoisotopic (exact) mass is 380 g/mol. The number of nitrogens with two attached hydrogens (primary N) is 1. The fourth-order valence-corrected chi connectivity index (χ4v) is 4.55. The molecule has 0 amide bonds. The SMILES string of the molecule is Nc1nc2c(c(=O)[nH]1)C(c1c(Cl)cccc1Cl)C1=C(CSC1=O)N2. The van der Waals surface area contributed by atoms with Crippen LogP contribution in [0, 0.1) is 0 Å². The zero-order valence-electron chi connectivity index (χ0n) is 12.0. The summed E-state index contributed by atoms with van der Waals surface area (Å²) in [5.74, 6) is 0.111. The van der Waals surface area contributed by atoms with E-state index in [-0.39, 0.29) is 16.6 Å². The highest BCUT2D eigenvalue weighted by molar-refractivity contribution is 8.14. The van der Waals surface area contributed by atoms with E-state index in [1.165, 1.54) is 0 Å². The largest absolute Gasteiger partial charge is 0.369 e. The first-order chi connectivity index (χ1) is 11.5. The fourth-order valence-electron chi connectivity index (χ4n) is 3.04. The maximum absolute atomic E-state index is 12.5. The summed E-state index contributed by atoms with van der Waals surface area (Å²) in [6, 6.07) is 5.06. The number of anilines is 2.